The van der Waals surface area contributed by atoms with Crippen LogP contribution in [0, 0.1) is 69.0 Å². The van der Waals surface area contributed by atoms with Gasteiger partial charge in [0.05, 0.1) is 78.7 Å². The van der Waals surface area contributed by atoms with E-state index in [-0.39, 0.29) is 47.5 Å². The number of carbonyl (C=O) groups excluding carboxylic acids is 4. The fraction of sp³-hybridized carbons (Fsp3) is 0.440. The molecule has 4 aliphatic rings. The molecule has 5 aromatic carbocycles. The fourth-order valence-electron chi connectivity index (χ4n) is 14.2. The highest BCUT2D eigenvalue weighted by atomic mass is 35.5. The molecule has 0 amide bonds. The molecule has 584 valence electrons. The Morgan fingerprint density at radius 1 is 0.339 bits per heavy atom. The highest BCUT2D eigenvalue weighted by Crippen LogP contribution is 2.37. The smallest absolute Gasteiger partial charge is 0.200 e. The van der Waals surface area contributed by atoms with Gasteiger partial charge < -0.3 is 18.9 Å². The molecule has 4 aliphatic carbocycles. The molecule has 0 spiro atoms. The summed E-state index contributed by atoms with van der Waals surface area (Å²) in [7, 11) is 0. The van der Waals surface area contributed by atoms with Crippen molar-refractivity contribution in [2.75, 3.05) is 0 Å². The number of hydrogen-bond donors (Lipinski definition) is 0. The number of benzene rings is 5. The number of hydrogen-bond acceptors (Lipinski definition) is 17. The lowest BCUT2D eigenvalue weighted by molar-refractivity contribution is 0.0888. The van der Waals surface area contributed by atoms with E-state index < -0.39 is 0 Å². The highest BCUT2D eigenvalue weighted by molar-refractivity contribution is 6.33. The molecule has 0 atom stereocenters. The van der Waals surface area contributed by atoms with Gasteiger partial charge in [0, 0.05) is 91.6 Å². The second-order valence-electron chi connectivity index (χ2n) is 30.9. The summed E-state index contributed by atoms with van der Waals surface area (Å²) in [5.41, 5.74) is 7.98. The van der Waals surface area contributed by atoms with Gasteiger partial charge >= 0.3 is 0 Å². The number of ether oxygens (including phenoxy) is 4. The van der Waals surface area contributed by atoms with E-state index in [9.17, 15) is 19.2 Å². The molecule has 0 unspecified atom stereocenters. The van der Waals surface area contributed by atoms with Gasteiger partial charge in [-0.05, 0) is 222 Å². The maximum atomic E-state index is 12.6. The summed E-state index contributed by atoms with van der Waals surface area (Å²) in [5.74, 6) is 6.56. The van der Waals surface area contributed by atoms with Gasteiger partial charge in [0.2, 0.25) is 0 Å². The topological polar surface area (TPSA) is 265 Å². The van der Waals surface area contributed by atoms with Crippen LogP contribution in [0.25, 0.3) is 0 Å². The van der Waals surface area contributed by atoms with Gasteiger partial charge in [-0.3, -0.25) is 29.1 Å². The molecule has 0 bridgehead atoms. The Balaban J connectivity index is 0.000000171. The molecule has 17 nitrogen and oxygen atoms in total. The highest BCUT2D eigenvalue weighted by Gasteiger charge is 2.30. The van der Waals surface area contributed by atoms with E-state index in [4.69, 9.17) is 86.4 Å². The molecule has 21 heteroatoms. The first-order valence-electron chi connectivity index (χ1n) is 39.1. The summed E-state index contributed by atoms with van der Waals surface area (Å²) >= 11 is 24.3. The number of nitrogens with zero attached hydrogens (tertiary/aromatic N) is 9. The third-order valence-electron chi connectivity index (χ3n) is 21.3. The quantitative estimate of drug-likeness (QED) is 0.0509. The van der Waals surface area contributed by atoms with Gasteiger partial charge in [-0.15, -0.1) is 0 Å². The molecule has 3 aromatic heterocycles. The average Bonchev–Trinajstić information content (AvgIpc) is 0.864. The standard InChI is InChI=1S/C24H26ClNO2.C23H25ClN2O2.2C22H24ClN3O2/c1-16(2)18-5-7-19(8-6-18)24(27)13-17-3-10-21(11-4-17)28-22-12-9-20(15-26)23(25)14-22;1-15(2)22-10-6-18(14-26-22)23(27)11-16-3-7-19(8-4-16)28-20-9-5-17(13-25)21(24)12-20;1-14(2)17-12-25-22(26-13-17)21(27)9-15-3-6-18(7-4-15)28-19-8-5-16(11-24)20(23)10-19;1-14(2)20-12-26-21(13-25-20)22(27)9-15-3-6-17(7-4-15)28-18-8-5-16(11-24)19(23)10-18/h5-9,12,14,16-17,21H,3-4,10-11,13H2,1-2H3;5-6,9-10,12,14-16,19H,3-4,7-8,11H2,1-2H3;5,8,10,12-15,18H,3-4,6-7,9H2,1-2H3;5,8,10,12-15,17H,3-4,6-7,9H2,1-2H3. The number of pyridine rings is 1. The fourth-order valence-corrected chi connectivity index (χ4v) is 15.1. The Hall–Kier alpha value is -9.59. The summed E-state index contributed by atoms with van der Waals surface area (Å²) in [6.45, 7) is 16.8. The molecule has 112 heavy (non-hydrogen) atoms. The van der Waals surface area contributed by atoms with Gasteiger partial charge in [-0.25, -0.2) is 15.0 Å². The number of Topliss-reactive ketones (excluding diaryl/α,β-unsaturated/α-hetero) is 4. The molecule has 3 heterocycles. The van der Waals surface area contributed by atoms with Crippen LogP contribution in [0.15, 0.2) is 140 Å². The maximum absolute atomic E-state index is 12.6. The zero-order valence-corrected chi connectivity index (χ0v) is 68.2. The van der Waals surface area contributed by atoms with Crippen molar-refractivity contribution in [3.8, 4) is 47.3 Å². The van der Waals surface area contributed by atoms with Crippen molar-refractivity contribution in [3.05, 3.63) is 228 Å². The van der Waals surface area contributed by atoms with E-state index >= 15 is 0 Å². The summed E-state index contributed by atoms with van der Waals surface area (Å²) < 4.78 is 24.1. The summed E-state index contributed by atoms with van der Waals surface area (Å²) in [5, 5.41) is 37.4. The Labute approximate surface area is 679 Å². The summed E-state index contributed by atoms with van der Waals surface area (Å²) in [4.78, 5) is 71.6. The van der Waals surface area contributed by atoms with Gasteiger partial charge in [0.1, 0.15) is 53.0 Å². The minimum Gasteiger partial charge on any atom is -0.490 e. The van der Waals surface area contributed by atoms with Crippen molar-refractivity contribution in [1.29, 1.82) is 21.0 Å². The first-order valence-corrected chi connectivity index (χ1v) is 40.6. The number of halogens is 4. The molecular formula is C91H99Cl4N9O8. The van der Waals surface area contributed by atoms with E-state index in [1.54, 1.807) is 104 Å². The van der Waals surface area contributed by atoms with Crippen LogP contribution in [0.4, 0.5) is 0 Å². The van der Waals surface area contributed by atoms with Gasteiger partial charge in [-0.2, -0.15) is 21.0 Å². The number of rotatable bonds is 24. The average molecular weight is 1590 g/mol. The van der Waals surface area contributed by atoms with E-state index in [1.165, 1.54) is 5.56 Å². The van der Waals surface area contributed by atoms with Crippen LogP contribution < -0.4 is 18.9 Å². The Bertz CT molecular complexity index is 4040. The van der Waals surface area contributed by atoms with Crippen molar-refractivity contribution in [2.24, 2.45) is 23.7 Å². The Kier molecular flexibility index (Phi) is 33.1. The second kappa shape index (κ2) is 42.9. The van der Waals surface area contributed by atoms with E-state index in [0.29, 0.717) is 155 Å². The Morgan fingerprint density at radius 3 is 0.955 bits per heavy atom. The Morgan fingerprint density at radius 2 is 0.661 bits per heavy atom. The predicted molar refractivity (Wildman–Crippen MR) is 437 cm³/mol. The molecule has 4 fully saturated rings. The minimum atomic E-state index is 0.0125. The maximum Gasteiger partial charge on any atom is 0.200 e. The molecule has 0 aliphatic heterocycles. The van der Waals surface area contributed by atoms with Gasteiger partial charge in [0.25, 0.3) is 0 Å². The molecule has 0 radical (unpaired) electrons. The van der Waals surface area contributed by atoms with Crippen LogP contribution in [0.5, 0.6) is 23.0 Å². The van der Waals surface area contributed by atoms with Crippen molar-refractivity contribution in [3.63, 3.8) is 0 Å². The normalized spacial score (nSPS) is 19.2. The van der Waals surface area contributed by atoms with Crippen LogP contribution in [0.3, 0.4) is 0 Å². The van der Waals surface area contributed by atoms with E-state index in [0.717, 1.165) is 125 Å². The minimum absolute atomic E-state index is 0.0125. The zero-order valence-electron chi connectivity index (χ0n) is 65.2. The van der Waals surface area contributed by atoms with Crippen molar-refractivity contribution < 1.29 is 38.1 Å². The summed E-state index contributed by atoms with van der Waals surface area (Å²) in [6.07, 6.45) is 26.1. The van der Waals surface area contributed by atoms with Gasteiger partial charge in [-0.1, -0.05) is 126 Å². The number of nitriles is 4. The molecule has 0 N–H and O–H groups in total. The summed E-state index contributed by atoms with van der Waals surface area (Å²) in [6, 6.07) is 40.7. The van der Waals surface area contributed by atoms with E-state index in [1.807, 2.05) is 42.5 Å². The lowest BCUT2D eigenvalue weighted by atomic mass is 9.83. The molecule has 8 aromatic rings. The van der Waals surface area contributed by atoms with Crippen molar-refractivity contribution >= 4 is 69.5 Å². The largest absolute Gasteiger partial charge is 0.490 e. The van der Waals surface area contributed by atoms with Crippen molar-refractivity contribution in [1.82, 2.24) is 24.9 Å². The zero-order chi connectivity index (χ0) is 80.4. The number of carbonyl (C=O) groups is 4. The van der Waals surface area contributed by atoms with E-state index in [2.05, 4.69) is 98.5 Å². The van der Waals surface area contributed by atoms with Crippen LogP contribution in [0.1, 0.15) is 294 Å². The third kappa shape index (κ3) is 26.3. The number of aromatic nitrogens is 5. The monoisotopic (exact) mass is 1590 g/mol. The molecule has 4 saturated carbocycles. The molecule has 12 rings (SSSR count). The number of ketones is 4. The molecular weight excluding hydrogens is 1490 g/mol. The van der Waals surface area contributed by atoms with Crippen LogP contribution >= 0.6 is 46.4 Å². The first-order chi connectivity index (χ1) is 53.8. The SMILES string of the molecule is CC(C)c1ccc(C(=O)CC2CCC(Oc3ccc(C#N)c(Cl)c3)CC2)cc1.CC(C)c1ccc(C(=O)CC2CCC(Oc3ccc(C#N)c(Cl)c3)CC2)cn1.CC(C)c1cnc(C(=O)CC2CCC(Oc3ccc(C#N)c(Cl)c3)CC2)cn1.CC(C)c1cnc(C(=O)CC2CCC(Oc3ccc(C#N)c(Cl)c3)CC2)nc1. The first kappa shape index (κ1) is 86.4. The van der Waals surface area contributed by atoms with Crippen LogP contribution in [0.2, 0.25) is 20.1 Å². The lowest BCUT2D eigenvalue weighted by Gasteiger charge is -2.28. The van der Waals surface area contributed by atoms with Crippen molar-refractivity contribution in [2.45, 2.75) is 232 Å². The predicted octanol–water partition coefficient (Wildman–Crippen LogP) is 23.2. The van der Waals surface area contributed by atoms with Crippen LogP contribution in [-0.4, -0.2) is 72.5 Å². The second-order valence-corrected chi connectivity index (χ2v) is 32.6. The molecule has 0 saturated heterocycles. The lowest BCUT2D eigenvalue weighted by Crippen LogP contribution is -2.25. The third-order valence-corrected chi connectivity index (χ3v) is 22.5. The van der Waals surface area contributed by atoms with Gasteiger partial charge in [0.15, 0.2) is 29.0 Å². The van der Waals surface area contributed by atoms with Crippen LogP contribution in [-0.2, 0) is 0 Å².